The number of benzene rings is 3. The number of anilines is 1. The summed E-state index contributed by atoms with van der Waals surface area (Å²) in [5.74, 6) is 1.56. The average molecular weight is 356 g/mol. The van der Waals surface area contributed by atoms with Crippen LogP contribution < -0.4 is 15.5 Å². The first-order valence-corrected chi connectivity index (χ1v) is 8.77. The van der Waals surface area contributed by atoms with E-state index < -0.39 is 0 Å². The van der Waals surface area contributed by atoms with E-state index in [-0.39, 0.29) is 0 Å². The van der Waals surface area contributed by atoms with Crippen molar-refractivity contribution in [2.75, 3.05) is 12.5 Å². The Morgan fingerprint density at radius 3 is 2.41 bits per heavy atom. The molecule has 4 aromatic rings. The van der Waals surface area contributed by atoms with Gasteiger partial charge in [-0.3, -0.25) is 5.43 Å². The summed E-state index contributed by atoms with van der Waals surface area (Å²) in [5, 5.41) is 6.43. The van der Waals surface area contributed by atoms with E-state index in [0.717, 1.165) is 44.7 Å². The van der Waals surface area contributed by atoms with Gasteiger partial charge in [-0.2, -0.15) is 5.10 Å². The van der Waals surface area contributed by atoms with Crippen LogP contribution in [0.5, 0.6) is 5.75 Å². The lowest BCUT2D eigenvalue weighted by molar-refractivity contribution is 0.415. The van der Waals surface area contributed by atoms with Crippen molar-refractivity contribution in [3.63, 3.8) is 0 Å². The Bertz CT molecular complexity index is 1130. The summed E-state index contributed by atoms with van der Waals surface area (Å²) in [5.41, 5.74) is 6.99. The number of aryl methyl sites for hydroxylation is 1. The fourth-order valence-electron chi connectivity index (χ4n) is 2.91. The number of hydrogen-bond acceptors (Lipinski definition) is 4. The molecule has 0 unspecified atom stereocenters. The molecule has 0 saturated carbocycles. The van der Waals surface area contributed by atoms with Crippen molar-refractivity contribution in [2.24, 2.45) is 5.10 Å². The molecule has 134 valence electrons. The summed E-state index contributed by atoms with van der Waals surface area (Å²) in [6.45, 7) is 2.06. The fraction of sp³-hybridized carbons (Fsp3) is 0.0870. The van der Waals surface area contributed by atoms with Crippen molar-refractivity contribution < 1.29 is 9.15 Å². The van der Waals surface area contributed by atoms with Gasteiger partial charge in [-0.05, 0) is 55.5 Å². The molecule has 1 aromatic heterocycles. The predicted molar refractivity (Wildman–Crippen MR) is 109 cm³/mol. The van der Waals surface area contributed by atoms with Crippen LogP contribution in [0.4, 0.5) is 5.69 Å². The number of methoxy groups -OCH3 is 1. The molecule has 4 rings (SSSR count). The summed E-state index contributed by atoms with van der Waals surface area (Å²) in [7, 11) is 1.66. The molecule has 4 heteroatoms. The van der Waals surface area contributed by atoms with Crippen LogP contribution >= 0.6 is 0 Å². The number of fused-ring (bicyclic) bond motifs is 1. The Labute approximate surface area is 157 Å². The van der Waals surface area contributed by atoms with E-state index in [1.165, 1.54) is 0 Å². The predicted octanol–water partition coefficient (Wildman–Crippen LogP) is 5.34. The van der Waals surface area contributed by atoms with Crippen LogP contribution in [-0.2, 0) is 0 Å². The van der Waals surface area contributed by atoms with Gasteiger partial charge in [0.25, 0.3) is 0 Å². The molecule has 0 fully saturated rings. The molecular formula is C23H20N2O2. The van der Waals surface area contributed by atoms with E-state index in [1.807, 2.05) is 72.8 Å². The van der Waals surface area contributed by atoms with Gasteiger partial charge in [-0.1, -0.05) is 29.8 Å². The van der Waals surface area contributed by atoms with E-state index >= 15 is 0 Å². The van der Waals surface area contributed by atoms with E-state index in [9.17, 15) is 0 Å². The second-order valence-corrected chi connectivity index (χ2v) is 6.31. The summed E-state index contributed by atoms with van der Waals surface area (Å²) in [4.78, 5) is 0. The molecule has 0 spiro atoms. The number of ether oxygens (including phenoxy) is 1. The summed E-state index contributed by atoms with van der Waals surface area (Å²) in [6.07, 6.45) is 0. The van der Waals surface area contributed by atoms with E-state index in [0.29, 0.717) is 0 Å². The lowest BCUT2D eigenvalue weighted by Gasteiger charge is -2.07. The zero-order valence-electron chi connectivity index (χ0n) is 15.3. The van der Waals surface area contributed by atoms with Gasteiger partial charge in [0.15, 0.2) is 0 Å². The van der Waals surface area contributed by atoms with Crippen LogP contribution in [0.3, 0.4) is 0 Å². The first-order valence-electron chi connectivity index (χ1n) is 8.77. The molecule has 0 amide bonds. The van der Waals surface area contributed by atoms with Crippen molar-refractivity contribution in [1.29, 1.82) is 0 Å². The van der Waals surface area contributed by atoms with Crippen molar-refractivity contribution >= 4 is 16.7 Å². The Kier molecular flexibility index (Phi) is 4.62. The molecule has 0 atom stereocenters. The average Bonchev–Trinajstić information content (AvgIpc) is 2.73. The third-order valence-corrected chi connectivity index (χ3v) is 4.35. The Balaban J connectivity index is 1.85. The molecule has 4 nitrogen and oxygen atoms in total. The smallest absolute Gasteiger partial charge is 0.136 e. The van der Waals surface area contributed by atoms with Gasteiger partial charge in [0.2, 0.25) is 0 Å². The molecule has 3 aromatic carbocycles. The number of rotatable bonds is 4. The maximum absolute atomic E-state index is 6.14. The zero-order chi connectivity index (χ0) is 18.6. The van der Waals surface area contributed by atoms with E-state index in [1.54, 1.807) is 7.11 Å². The van der Waals surface area contributed by atoms with Crippen molar-refractivity contribution in [2.45, 2.75) is 6.92 Å². The molecule has 0 bridgehead atoms. The van der Waals surface area contributed by atoms with E-state index in [2.05, 4.69) is 23.5 Å². The van der Waals surface area contributed by atoms with Gasteiger partial charge in [0.1, 0.15) is 17.1 Å². The normalized spacial score (nSPS) is 11.6. The SMILES string of the molecule is COc1ccc(-c2c/c(=N\Nc3ccccc3)c3cc(C)ccc3o2)cc1. The minimum absolute atomic E-state index is 0.752. The highest BCUT2D eigenvalue weighted by Gasteiger charge is 2.07. The Morgan fingerprint density at radius 1 is 0.889 bits per heavy atom. The molecule has 1 N–H and O–H groups in total. The van der Waals surface area contributed by atoms with Crippen LogP contribution in [0, 0.1) is 6.92 Å². The zero-order valence-corrected chi connectivity index (χ0v) is 15.3. The van der Waals surface area contributed by atoms with Gasteiger partial charge in [-0.25, -0.2) is 0 Å². The topological polar surface area (TPSA) is 46.8 Å². The lowest BCUT2D eigenvalue weighted by atomic mass is 10.1. The number of nitrogens with one attached hydrogen (secondary N) is 1. The monoisotopic (exact) mass is 356 g/mol. The Hall–Kier alpha value is -3.53. The largest absolute Gasteiger partial charge is 0.497 e. The van der Waals surface area contributed by atoms with Crippen molar-refractivity contribution in [3.05, 3.63) is 89.8 Å². The third-order valence-electron chi connectivity index (χ3n) is 4.35. The highest BCUT2D eigenvalue weighted by Crippen LogP contribution is 2.24. The quantitative estimate of drug-likeness (QED) is 0.502. The standard InChI is InChI=1S/C23H20N2O2/c1-16-8-13-22-20(14-16)21(25-24-18-6-4-3-5-7-18)15-23(27-22)17-9-11-19(26-2)12-10-17/h3-15,24H,1-2H3/b25-21+. The van der Waals surface area contributed by atoms with Gasteiger partial charge >= 0.3 is 0 Å². The van der Waals surface area contributed by atoms with Gasteiger partial charge in [-0.15, -0.1) is 0 Å². The molecule has 0 radical (unpaired) electrons. The van der Waals surface area contributed by atoms with Crippen molar-refractivity contribution in [1.82, 2.24) is 0 Å². The molecule has 27 heavy (non-hydrogen) atoms. The van der Waals surface area contributed by atoms with Crippen LogP contribution in [-0.4, -0.2) is 7.11 Å². The second-order valence-electron chi connectivity index (χ2n) is 6.31. The molecular weight excluding hydrogens is 336 g/mol. The van der Waals surface area contributed by atoms with Crippen LogP contribution in [0.1, 0.15) is 5.56 Å². The molecule has 0 aliphatic carbocycles. The van der Waals surface area contributed by atoms with Gasteiger partial charge in [0, 0.05) is 17.0 Å². The molecule has 0 aliphatic heterocycles. The fourth-order valence-corrected chi connectivity index (χ4v) is 2.91. The molecule has 0 saturated heterocycles. The third kappa shape index (κ3) is 3.70. The first kappa shape index (κ1) is 16.9. The lowest BCUT2D eigenvalue weighted by Crippen LogP contribution is -2.07. The van der Waals surface area contributed by atoms with Gasteiger partial charge in [0.05, 0.1) is 18.2 Å². The highest BCUT2D eigenvalue weighted by molar-refractivity contribution is 5.79. The molecule has 1 heterocycles. The summed E-state index contributed by atoms with van der Waals surface area (Å²) < 4.78 is 11.4. The number of para-hydroxylation sites is 1. The summed E-state index contributed by atoms with van der Waals surface area (Å²) in [6, 6.07) is 25.8. The van der Waals surface area contributed by atoms with Crippen LogP contribution in [0.25, 0.3) is 22.3 Å². The van der Waals surface area contributed by atoms with Crippen molar-refractivity contribution in [3.8, 4) is 17.1 Å². The maximum atomic E-state index is 6.14. The highest BCUT2D eigenvalue weighted by atomic mass is 16.5. The summed E-state index contributed by atoms with van der Waals surface area (Å²) >= 11 is 0. The van der Waals surface area contributed by atoms with Crippen LogP contribution in [0.15, 0.2) is 88.4 Å². The van der Waals surface area contributed by atoms with Gasteiger partial charge < -0.3 is 9.15 Å². The first-order chi connectivity index (χ1) is 13.2. The number of hydrogen-bond donors (Lipinski definition) is 1. The minimum Gasteiger partial charge on any atom is -0.497 e. The number of nitrogens with zero attached hydrogens (tertiary/aromatic N) is 1. The van der Waals surface area contributed by atoms with Crippen LogP contribution in [0.2, 0.25) is 0 Å². The molecule has 0 aliphatic rings. The van der Waals surface area contributed by atoms with E-state index in [4.69, 9.17) is 9.15 Å². The Morgan fingerprint density at radius 2 is 1.67 bits per heavy atom. The maximum Gasteiger partial charge on any atom is 0.136 e. The second kappa shape index (κ2) is 7.38. The minimum atomic E-state index is 0.752.